The predicted octanol–water partition coefficient (Wildman–Crippen LogP) is 5.16. The van der Waals surface area contributed by atoms with Crippen molar-refractivity contribution < 1.29 is 4.74 Å². The fraction of sp³-hybridized carbons (Fsp3) is 0.455. The van der Waals surface area contributed by atoms with E-state index in [4.69, 9.17) is 9.72 Å². The van der Waals surface area contributed by atoms with Gasteiger partial charge in [-0.15, -0.1) is 11.3 Å². The van der Waals surface area contributed by atoms with Crippen LogP contribution in [0.2, 0.25) is 0 Å². The number of aromatic nitrogens is 2. The van der Waals surface area contributed by atoms with Crippen LogP contribution in [0.3, 0.4) is 0 Å². The molecule has 4 nitrogen and oxygen atoms in total. The predicted molar refractivity (Wildman–Crippen MR) is 118 cm³/mol. The van der Waals surface area contributed by atoms with Gasteiger partial charge in [0.25, 0.3) is 5.56 Å². The zero-order valence-corrected chi connectivity index (χ0v) is 18.1. The molecule has 0 saturated carbocycles. The molecule has 0 unspecified atom stereocenters. The van der Waals surface area contributed by atoms with Gasteiger partial charge < -0.3 is 4.74 Å². The first-order chi connectivity index (χ1) is 13.7. The van der Waals surface area contributed by atoms with E-state index in [9.17, 15) is 4.79 Å². The van der Waals surface area contributed by atoms with Crippen LogP contribution in [0.15, 0.2) is 40.3 Å². The highest BCUT2D eigenvalue weighted by Crippen LogP contribution is 2.36. The topological polar surface area (TPSA) is 44.1 Å². The van der Waals surface area contributed by atoms with Crippen molar-refractivity contribution in [2.45, 2.75) is 51.2 Å². The van der Waals surface area contributed by atoms with E-state index in [0.29, 0.717) is 19.1 Å². The number of para-hydroxylation sites is 1. The lowest BCUT2D eigenvalue weighted by atomic mass is 9.89. The number of rotatable bonds is 7. The highest BCUT2D eigenvalue weighted by Gasteiger charge is 2.24. The summed E-state index contributed by atoms with van der Waals surface area (Å²) in [6, 6.07) is 9.88. The van der Waals surface area contributed by atoms with Crippen molar-refractivity contribution >= 4 is 33.3 Å². The van der Waals surface area contributed by atoms with Crippen molar-refractivity contribution in [2.75, 3.05) is 12.4 Å². The standard InChI is InChI=1S/C22H26N2O2S2/c1-3-24-21(25)19-17-11-10-15(2)14-18(17)28-20(19)23-22(24)27-13-7-12-26-16-8-5-4-6-9-16/h4-6,8-9,15H,3,7,10-14H2,1-2H3/t15-/m1/s1. The average molecular weight is 415 g/mol. The summed E-state index contributed by atoms with van der Waals surface area (Å²) in [4.78, 5) is 20.4. The molecule has 148 valence electrons. The fourth-order valence-corrected chi connectivity index (χ4v) is 6.12. The molecule has 6 heteroatoms. The van der Waals surface area contributed by atoms with Gasteiger partial charge >= 0.3 is 0 Å². The molecule has 1 aromatic carbocycles. The van der Waals surface area contributed by atoms with Crippen molar-refractivity contribution in [1.29, 1.82) is 0 Å². The monoisotopic (exact) mass is 414 g/mol. The van der Waals surface area contributed by atoms with Crippen molar-refractivity contribution in [3.63, 3.8) is 0 Å². The van der Waals surface area contributed by atoms with Gasteiger partial charge in [0.1, 0.15) is 10.6 Å². The van der Waals surface area contributed by atoms with Gasteiger partial charge in [0.15, 0.2) is 5.16 Å². The average Bonchev–Trinajstić information content (AvgIpc) is 3.06. The first-order valence-electron chi connectivity index (χ1n) is 10.0. The molecule has 28 heavy (non-hydrogen) atoms. The third kappa shape index (κ3) is 3.98. The van der Waals surface area contributed by atoms with Crippen LogP contribution in [0.25, 0.3) is 10.2 Å². The van der Waals surface area contributed by atoms with Crippen LogP contribution in [0.4, 0.5) is 0 Å². The minimum Gasteiger partial charge on any atom is -0.494 e. The maximum absolute atomic E-state index is 13.2. The summed E-state index contributed by atoms with van der Waals surface area (Å²) < 4.78 is 7.60. The van der Waals surface area contributed by atoms with Gasteiger partial charge in [0.2, 0.25) is 0 Å². The first-order valence-corrected chi connectivity index (χ1v) is 11.8. The van der Waals surface area contributed by atoms with Gasteiger partial charge in [-0.05, 0) is 56.2 Å². The molecule has 0 bridgehead atoms. The van der Waals surface area contributed by atoms with E-state index in [-0.39, 0.29) is 5.56 Å². The smallest absolute Gasteiger partial charge is 0.263 e. The van der Waals surface area contributed by atoms with E-state index < -0.39 is 0 Å². The first kappa shape index (κ1) is 19.5. The zero-order valence-electron chi connectivity index (χ0n) is 16.4. The molecule has 1 atom stereocenters. The number of hydrogen-bond donors (Lipinski definition) is 0. The van der Waals surface area contributed by atoms with E-state index in [1.807, 2.05) is 41.8 Å². The minimum atomic E-state index is 0.141. The summed E-state index contributed by atoms with van der Waals surface area (Å²) in [6.07, 6.45) is 4.18. The molecule has 2 heterocycles. The Hall–Kier alpha value is -1.79. The third-order valence-corrected chi connectivity index (χ3v) is 7.44. The van der Waals surface area contributed by atoms with Gasteiger partial charge in [-0.3, -0.25) is 9.36 Å². The molecule has 1 aliphatic rings. The van der Waals surface area contributed by atoms with Crippen LogP contribution < -0.4 is 10.3 Å². The second-order valence-corrected chi connectivity index (χ2v) is 9.48. The summed E-state index contributed by atoms with van der Waals surface area (Å²) in [7, 11) is 0. The Kier molecular flexibility index (Phi) is 6.07. The van der Waals surface area contributed by atoms with Crippen molar-refractivity contribution in [3.8, 4) is 5.75 Å². The number of fused-ring (bicyclic) bond motifs is 3. The molecule has 0 amide bonds. The molecule has 0 spiro atoms. The van der Waals surface area contributed by atoms with Gasteiger partial charge in [0, 0.05) is 17.2 Å². The zero-order chi connectivity index (χ0) is 19.5. The van der Waals surface area contributed by atoms with Crippen LogP contribution in [-0.2, 0) is 19.4 Å². The normalized spacial score (nSPS) is 16.3. The lowest BCUT2D eigenvalue weighted by Gasteiger charge is -2.17. The summed E-state index contributed by atoms with van der Waals surface area (Å²) >= 11 is 3.39. The Morgan fingerprint density at radius 2 is 2.14 bits per heavy atom. The van der Waals surface area contributed by atoms with Crippen LogP contribution in [0.5, 0.6) is 5.75 Å². The largest absolute Gasteiger partial charge is 0.494 e. The fourth-order valence-electron chi connectivity index (χ4n) is 3.72. The highest BCUT2D eigenvalue weighted by molar-refractivity contribution is 7.99. The quantitative estimate of drug-likeness (QED) is 0.304. The van der Waals surface area contributed by atoms with Crippen LogP contribution in [0.1, 0.15) is 37.1 Å². The number of hydrogen-bond acceptors (Lipinski definition) is 5. The SMILES string of the molecule is CCn1c(SCCCOc2ccccc2)nc2sc3c(c2c1=O)CC[C@@H](C)C3. The van der Waals surface area contributed by atoms with Gasteiger partial charge in [-0.1, -0.05) is 36.9 Å². The molecule has 0 saturated heterocycles. The van der Waals surface area contributed by atoms with Crippen molar-refractivity contribution in [2.24, 2.45) is 5.92 Å². The summed E-state index contributed by atoms with van der Waals surface area (Å²) in [5.41, 5.74) is 1.41. The molecule has 0 radical (unpaired) electrons. The van der Waals surface area contributed by atoms with E-state index in [1.54, 1.807) is 23.1 Å². The number of nitrogens with zero attached hydrogens (tertiary/aromatic N) is 2. The van der Waals surface area contributed by atoms with Crippen molar-refractivity contribution in [1.82, 2.24) is 9.55 Å². The Labute approximate surface area is 174 Å². The van der Waals surface area contributed by atoms with E-state index in [2.05, 4.69) is 6.92 Å². The summed E-state index contributed by atoms with van der Waals surface area (Å²) in [6.45, 7) is 5.65. The molecular formula is C22H26N2O2S2. The van der Waals surface area contributed by atoms with Crippen LogP contribution >= 0.6 is 23.1 Å². The van der Waals surface area contributed by atoms with Crippen molar-refractivity contribution in [3.05, 3.63) is 51.1 Å². The molecule has 0 aliphatic heterocycles. The number of thioether (sulfide) groups is 1. The van der Waals surface area contributed by atoms with Crippen LogP contribution in [0, 0.1) is 5.92 Å². The molecule has 3 aromatic rings. The molecular weight excluding hydrogens is 388 g/mol. The molecule has 1 aliphatic carbocycles. The molecule has 0 fully saturated rings. The molecule has 4 rings (SSSR count). The Morgan fingerprint density at radius 1 is 1.32 bits per heavy atom. The maximum Gasteiger partial charge on any atom is 0.263 e. The summed E-state index contributed by atoms with van der Waals surface area (Å²) in [5.74, 6) is 2.48. The number of aryl methyl sites for hydroxylation is 1. The highest BCUT2D eigenvalue weighted by atomic mass is 32.2. The maximum atomic E-state index is 13.2. The van der Waals surface area contributed by atoms with Gasteiger partial charge in [0.05, 0.1) is 12.0 Å². The number of ether oxygens (including phenoxy) is 1. The van der Waals surface area contributed by atoms with Gasteiger partial charge in [-0.25, -0.2) is 4.98 Å². The summed E-state index contributed by atoms with van der Waals surface area (Å²) in [5, 5.41) is 1.72. The second kappa shape index (κ2) is 8.70. The Balaban J connectivity index is 1.48. The van der Waals surface area contributed by atoms with E-state index in [0.717, 1.165) is 46.1 Å². The minimum absolute atomic E-state index is 0.141. The lowest BCUT2D eigenvalue weighted by Crippen LogP contribution is -2.23. The van der Waals surface area contributed by atoms with E-state index >= 15 is 0 Å². The Bertz CT molecular complexity index is 1010. The van der Waals surface area contributed by atoms with E-state index in [1.165, 1.54) is 16.9 Å². The van der Waals surface area contributed by atoms with Gasteiger partial charge in [-0.2, -0.15) is 0 Å². The number of thiophene rings is 1. The Morgan fingerprint density at radius 3 is 2.93 bits per heavy atom. The molecule has 0 N–H and O–H groups in total. The third-order valence-electron chi connectivity index (χ3n) is 5.23. The molecule has 2 aromatic heterocycles. The number of benzene rings is 1. The lowest BCUT2D eigenvalue weighted by molar-refractivity contribution is 0.318. The second-order valence-electron chi connectivity index (χ2n) is 7.34. The van der Waals surface area contributed by atoms with Crippen LogP contribution in [-0.4, -0.2) is 21.9 Å².